The maximum Gasteiger partial charge on any atom is 0.320 e. The molecule has 0 spiro atoms. The van der Waals surface area contributed by atoms with Crippen molar-refractivity contribution >= 4 is 17.7 Å². The van der Waals surface area contributed by atoms with E-state index in [9.17, 15) is 4.79 Å². The van der Waals surface area contributed by atoms with Crippen molar-refractivity contribution in [3.05, 3.63) is 0 Å². The van der Waals surface area contributed by atoms with Gasteiger partial charge in [-0.3, -0.25) is 4.79 Å². The monoisotopic (exact) mass is 219 g/mol. The maximum absolute atomic E-state index is 10.9. The number of hydrogen-bond acceptors (Lipinski definition) is 3. The lowest BCUT2D eigenvalue weighted by Crippen LogP contribution is -2.41. The average Bonchev–Trinajstić information content (AvgIpc) is 2.16. The third kappa shape index (κ3) is 6.27. The minimum atomic E-state index is -0.730. The van der Waals surface area contributed by atoms with Crippen molar-refractivity contribution < 1.29 is 9.90 Å². The van der Waals surface area contributed by atoms with E-state index in [0.29, 0.717) is 0 Å². The predicted octanol–water partition coefficient (Wildman–Crippen LogP) is 1.97. The highest BCUT2D eigenvalue weighted by atomic mass is 32.2. The van der Waals surface area contributed by atoms with Crippen molar-refractivity contribution in [3.63, 3.8) is 0 Å². The van der Waals surface area contributed by atoms with Crippen molar-refractivity contribution in [1.29, 1.82) is 0 Å². The zero-order valence-electron chi connectivity index (χ0n) is 9.25. The fourth-order valence-electron chi connectivity index (χ4n) is 1.17. The van der Waals surface area contributed by atoms with Crippen LogP contribution in [0.4, 0.5) is 0 Å². The van der Waals surface area contributed by atoms with Gasteiger partial charge in [-0.25, -0.2) is 0 Å². The average molecular weight is 219 g/mol. The molecule has 3 nitrogen and oxygen atoms in total. The Morgan fingerprint density at radius 2 is 2.21 bits per heavy atom. The highest BCUT2D eigenvalue weighted by molar-refractivity contribution is 7.98. The third-order valence-corrected chi connectivity index (χ3v) is 2.93. The van der Waals surface area contributed by atoms with Crippen molar-refractivity contribution in [2.24, 2.45) is 0 Å². The van der Waals surface area contributed by atoms with Crippen molar-refractivity contribution in [2.75, 3.05) is 12.0 Å². The van der Waals surface area contributed by atoms with E-state index in [2.05, 4.69) is 12.2 Å². The zero-order valence-corrected chi connectivity index (χ0v) is 10.1. The molecule has 4 heteroatoms. The lowest BCUT2D eigenvalue weighted by Gasteiger charge is -2.18. The van der Waals surface area contributed by atoms with E-state index >= 15 is 0 Å². The highest BCUT2D eigenvalue weighted by Gasteiger charge is 2.17. The third-order valence-electron chi connectivity index (χ3n) is 2.24. The van der Waals surface area contributed by atoms with Crippen LogP contribution in [-0.4, -0.2) is 35.2 Å². The lowest BCUT2D eigenvalue weighted by molar-refractivity contribution is -0.139. The van der Waals surface area contributed by atoms with Gasteiger partial charge in [0.1, 0.15) is 6.04 Å². The molecule has 0 aliphatic rings. The molecule has 0 amide bonds. The van der Waals surface area contributed by atoms with Crippen LogP contribution in [-0.2, 0) is 4.79 Å². The highest BCUT2D eigenvalue weighted by Crippen LogP contribution is 2.05. The van der Waals surface area contributed by atoms with E-state index < -0.39 is 5.97 Å². The Kier molecular flexibility index (Phi) is 7.99. The Balaban J connectivity index is 3.84. The fraction of sp³-hybridized carbons (Fsp3) is 0.900. The molecule has 0 aliphatic heterocycles. The second kappa shape index (κ2) is 8.12. The quantitative estimate of drug-likeness (QED) is 0.613. The Bertz CT molecular complexity index is 164. The smallest absolute Gasteiger partial charge is 0.320 e. The first-order chi connectivity index (χ1) is 6.61. The first kappa shape index (κ1) is 13.8. The molecule has 0 radical (unpaired) electrons. The molecular weight excluding hydrogens is 198 g/mol. The molecule has 0 saturated heterocycles. The summed E-state index contributed by atoms with van der Waals surface area (Å²) in [4.78, 5) is 10.9. The zero-order chi connectivity index (χ0) is 11.0. The lowest BCUT2D eigenvalue weighted by atomic mass is 10.1. The maximum atomic E-state index is 10.9. The minimum Gasteiger partial charge on any atom is -0.480 e. The largest absolute Gasteiger partial charge is 0.480 e. The topological polar surface area (TPSA) is 49.3 Å². The molecule has 2 unspecified atom stereocenters. The second-order valence-corrected chi connectivity index (χ2v) is 4.49. The Morgan fingerprint density at radius 1 is 1.57 bits per heavy atom. The van der Waals surface area contributed by atoms with Gasteiger partial charge in [-0.05, 0) is 38.2 Å². The van der Waals surface area contributed by atoms with E-state index in [-0.39, 0.29) is 12.1 Å². The van der Waals surface area contributed by atoms with Gasteiger partial charge in [0.15, 0.2) is 0 Å². The second-order valence-electron chi connectivity index (χ2n) is 3.50. The van der Waals surface area contributed by atoms with Gasteiger partial charge in [-0.15, -0.1) is 0 Å². The first-order valence-corrected chi connectivity index (χ1v) is 6.49. The van der Waals surface area contributed by atoms with Crippen LogP contribution in [0.25, 0.3) is 0 Å². The summed E-state index contributed by atoms with van der Waals surface area (Å²) in [6, 6.07) is -0.0949. The van der Waals surface area contributed by atoms with Crippen LogP contribution in [0.2, 0.25) is 0 Å². The Hall–Kier alpha value is -0.220. The van der Waals surface area contributed by atoms with Crippen LogP contribution in [0, 0.1) is 0 Å². The molecule has 0 saturated carbocycles. The molecule has 0 fully saturated rings. The standard InChI is InChI=1S/C10H21NO2S/c1-4-8(2)11-9(10(12)13)6-5-7-14-3/h8-9,11H,4-7H2,1-3H3,(H,12,13). The number of hydrogen-bond donors (Lipinski definition) is 2. The molecular formula is C10H21NO2S. The van der Waals surface area contributed by atoms with Crippen molar-refractivity contribution in [1.82, 2.24) is 5.32 Å². The summed E-state index contributed by atoms with van der Waals surface area (Å²) in [6.07, 6.45) is 4.69. The number of aliphatic carboxylic acids is 1. The number of thioether (sulfide) groups is 1. The summed E-state index contributed by atoms with van der Waals surface area (Å²) in [5.74, 6) is 0.304. The molecule has 0 rings (SSSR count). The summed E-state index contributed by atoms with van der Waals surface area (Å²) in [6.45, 7) is 4.07. The van der Waals surface area contributed by atoms with Crippen LogP contribution in [0.15, 0.2) is 0 Å². The first-order valence-electron chi connectivity index (χ1n) is 5.09. The molecule has 0 aliphatic carbocycles. The molecule has 0 heterocycles. The number of nitrogens with one attached hydrogen (secondary N) is 1. The number of carboxylic acids is 1. The molecule has 0 aromatic carbocycles. The van der Waals surface area contributed by atoms with E-state index in [0.717, 1.165) is 25.0 Å². The molecule has 0 aromatic rings. The summed E-state index contributed by atoms with van der Waals surface area (Å²) in [7, 11) is 0. The van der Waals surface area contributed by atoms with Gasteiger partial charge in [0.05, 0.1) is 0 Å². The molecule has 0 aromatic heterocycles. The molecule has 14 heavy (non-hydrogen) atoms. The summed E-state index contributed by atoms with van der Waals surface area (Å²) in [5.41, 5.74) is 0. The summed E-state index contributed by atoms with van der Waals surface area (Å²) >= 11 is 1.76. The van der Waals surface area contributed by atoms with E-state index in [1.165, 1.54) is 0 Å². The SMILES string of the molecule is CCC(C)NC(CCCSC)C(=O)O. The van der Waals surface area contributed by atoms with Crippen LogP contribution in [0.3, 0.4) is 0 Å². The van der Waals surface area contributed by atoms with E-state index in [4.69, 9.17) is 5.11 Å². The van der Waals surface area contributed by atoms with E-state index in [1.54, 1.807) is 11.8 Å². The minimum absolute atomic E-state index is 0.283. The van der Waals surface area contributed by atoms with Gasteiger partial charge in [0.2, 0.25) is 0 Å². The van der Waals surface area contributed by atoms with Gasteiger partial charge in [-0.1, -0.05) is 6.92 Å². The number of carbonyl (C=O) groups is 1. The van der Waals surface area contributed by atoms with Gasteiger partial charge in [0.25, 0.3) is 0 Å². The fourth-order valence-corrected chi connectivity index (χ4v) is 1.63. The van der Waals surface area contributed by atoms with Crippen molar-refractivity contribution in [3.8, 4) is 0 Å². The predicted molar refractivity (Wildman–Crippen MR) is 61.9 cm³/mol. The molecule has 0 bridgehead atoms. The number of rotatable bonds is 8. The van der Waals surface area contributed by atoms with Crippen LogP contribution < -0.4 is 5.32 Å². The Morgan fingerprint density at radius 3 is 2.64 bits per heavy atom. The number of carboxylic acid groups (broad SMARTS) is 1. The van der Waals surface area contributed by atoms with Gasteiger partial charge < -0.3 is 10.4 Å². The van der Waals surface area contributed by atoms with E-state index in [1.807, 2.05) is 13.2 Å². The van der Waals surface area contributed by atoms with Crippen molar-refractivity contribution in [2.45, 2.75) is 45.2 Å². The molecule has 2 atom stereocenters. The molecule has 84 valence electrons. The van der Waals surface area contributed by atoms with Crippen LogP contribution in [0.5, 0.6) is 0 Å². The van der Waals surface area contributed by atoms with Crippen LogP contribution in [0.1, 0.15) is 33.1 Å². The summed E-state index contributed by atoms with van der Waals surface area (Å²) < 4.78 is 0. The molecule has 2 N–H and O–H groups in total. The van der Waals surface area contributed by atoms with Gasteiger partial charge in [0, 0.05) is 6.04 Å². The van der Waals surface area contributed by atoms with Crippen LogP contribution >= 0.6 is 11.8 Å². The van der Waals surface area contributed by atoms with Gasteiger partial charge in [-0.2, -0.15) is 11.8 Å². The Labute approximate surface area is 90.7 Å². The summed E-state index contributed by atoms with van der Waals surface area (Å²) in [5, 5.41) is 12.1. The normalized spacial score (nSPS) is 15.1. The van der Waals surface area contributed by atoms with Gasteiger partial charge >= 0.3 is 5.97 Å².